The van der Waals surface area contributed by atoms with E-state index in [0.29, 0.717) is 35.9 Å². The third-order valence-corrected chi connectivity index (χ3v) is 7.90. The summed E-state index contributed by atoms with van der Waals surface area (Å²) in [4.78, 5) is 47.9. The fourth-order valence-corrected chi connectivity index (χ4v) is 5.51. The van der Waals surface area contributed by atoms with Gasteiger partial charge in [0.25, 0.3) is 5.91 Å². The van der Waals surface area contributed by atoms with Gasteiger partial charge in [-0.25, -0.2) is 4.39 Å². The second-order valence-electron chi connectivity index (χ2n) is 10.5. The molecule has 214 valence electrons. The molecule has 1 aromatic heterocycles. The van der Waals surface area contributed by atoms with Crippen molar-refractivity contribution in [1.29, 1.82) is 0 Å². The van der Waals surface area contributed by atoms with Gasteiger partial charge in [-0.2, -0.15) is 0 Å². The van der Waals surface area contributed by atoms with Crippen LogP contribution in [-0.2, 0) is 9.53 Å². The van der Waals surface area contributed by atoms with Crippen LogP contribution in [0.3, 0.4) is 0 Å². The van der Waals surface area contributed by atoms with Crippen molar-refractivity contribution in [3.63, 3.8) is 0 Å². The van der Waals surface area contributed by atoms with Crippen LogP contribution in [-0.4, -0.2) is 116 Å². The zero-order valence-electron chi connectivity index (χ0n) is 22.4. The van der Waals surface area contributed by atoms with E-state index in [2.05, 4.69) is 25.7 Å². The van der Waals surface area contributed by atoms with E-state index in [1.807, 2.05) is 17.0 Å². The number of carbonyl (C=O) groups is 2. The molecule has 3 saturated heterocycles. The van der Waals surface area contributed by atoms with Crippen LogP contribution in [0.15, 0.2) is 47.9 Å². The predicted octanol–water partition coefficient (Wildman–Crippen LogP) is 0.710. The lowest BCUT2D eigenvalue weighted by Crippen LogP contribution is -2.62. The Labute approximate surface area is 232 Å². The number of aromatic nitrogens is 1. The Kier molecular flexibility index (Phi) is 8.76. The zero-order chi connectivity index (χ0) is 28.2. The molecule has 4 heterocycles. The topological polar surface area (TPSA) is 145 Å². The first-order chi connectivity index (χ1) is 19.4. The minimum Gasteiger partial charge on any atom is -0.378 e. The van der Waals surface area contributed by atoms with E-state index in [0.717, 1.165) is 31.9 Å². The van der Waals surface area contributed by atoms with Gasteiger partial charge in [-0.1, -0.05) is 17.3 Å². The third kappa shape index (κ3) is 6.03. The number of carbonyl (C=O) groups excluding carboxylic acids is 2. The van der Waals surface area contributed by atoms with Crippen molar-refractivity contribution in [3.05, 3.63) is 53.2 Å². The Morgan fingerprint density at radius 3 is 2.52 bits per heavy atom. The average Bonchev–Trinajstić information content (AvgIpc) is 2.94. The summed E-state index contributed by atoms with van der Waals surface area (Å²) < 4.78 is 19.1. The second-order valence-corrected chi connectivity index (χ2v) is 10.5. The van der Waals surface area contributed by atoms with Crippen molar-refractivity contribution in [2.75, 3.05) is 64.8 Å². The number of nitrogens with two attached hydrogens (primary N) is 1. The molecule has 13 heteroatoms. The lowest BCUT2D eigenvalue weighted by Gasteiger charge is -2.42. The molecule has 0 aliphatic carbocycles. The molecule has 4 atom stereocenters. The number of nitroso groups, excluding NO2 is 1. The molecule has 3 aliphatic rings. The number of nitrogens with zero attached hydrogens (tertiary/aromatic N) is 5. The highest BCUT2D eigenvalue weighted by molar-refractivity contribution is 5.98. The first-order valence-electron chi connectivity index (χ1n) is 13.5. The number of piperazine rings is 1. The van der Waals surface area contributed by atoms with Crippen LogP contribution >= 0.6 is 0 Å². The number of alkyl halides is 1. The molecule has 0 bridgehead atoms. The van der Waals surface area contributed by atoms with Gasteiger partial charge in [-0.3, -0.25) is 29.7 Å². The lowest BCUT2D eigenvalue weighted by molar-refractivity contribution is -0.124. The zero-order valence-corrected chi connectivity index (χ0v) is 22.4. The highest BCUT2D eigenvalue weighted by Crippen LogP contribution is 2.29. The maximum atomic E-state index is 13.8. The molecule has 0 radical (unpaired) electrons. The first-order valence-corrected chi connectivity index (χ1v) is 13.5. The summed E-state index contributed by atoms with van der Waals surface area (Å²) in [6.45, 7) is 4.69. The van der Waals surface area contributed by atoms with Crippen molar-refractivity contribution >= 4 is 17.5 Å². The summed E-state index contributed by atoms with van der Waals surface area (Å²) in [6.07, 6.45) is -0.00685. The van der Waals surface area contributed by atoms with Gasteiger partial charge in [-0.05, 0) is 30.8 Å². The van der Waals surface area contributed by atoms with Gasteiger partial charge >= 0.3 is 0 Å². The van der Waals surface area contributed by atoms with E-state index < -0.39 is 30.3 Å². The molecule has 4 unspecified atom stereocenters. The predicted molar refractivity (Wildman–Crippen MR) is 147 cm³/mol. The van der Waals surface area contributed by atoms with Crippen LogP contribution in [0.1, 0.15) is 10.4 Å². The molecule has 3 aliphatic heterocycles. The molecule has 0 saturated carbocycles. The van der Waals surface area contributed by atoms with Gasteiger partial charge in [0.1, 0.15) is 12.1 Å². The molecule has 12 nitrogen and oxygen atoms in total. The lowest BCUT2D eigenvalue weighted by atomic mass is 9.97. The summed E-state index contributed by atoms with van der Waals surface area (Å²) in [5.41, 5.74) is 8.37. The fraction of sp³-hybridized carbons (Fsp3) is 0.519. The highest BCUT2D eigenvalue weighted by atomic mass is 19.1. The summed E-state index contributed by atoms with van der Waals surface area (Å²) in [7, 11) is 1.66. The number of benzene rings is 1. The van der Waals surface area contributed by atoms with Crippen LogP contribution in [0.25, 0.3) is 11.1 Å². The quantitative estimate of drug-likeness (QED) is 0.402. The fourth-order valence-electron chi connectivity index (χ4n) is 5.51. The Balaban J connectivity index is 1.28. The van der Waals surface area contributed by atoms with Gasteiger partial charge in [-0.15, -0.1) is 4.91 Å². The summed E-state index contributed by atoms with van der Waals surface area (Å²) in [6, 6.07) is 9.43. The summed E-state index contributed by atoms with van der Waals surface area (Å²) in [5, 5.41) is 8.68. The van der Waals surface area contributed by atoms with Crippen molar-refractivity contribution in [2.24, 2.45) is 16.8 Å². The minimum absolute atomic E-state index is 0.0165. The number of hydrogen-bond acceptors (Lipinski definition) is 10. The molecule has 2 amide bonds. The third-order valence-electron chi connectivity index (χ3n) is 7.90. The van der Waals surface area contributed by atoms with Crippen LogP contribution < -0.4 is 16.4 Å². The summed E-state index contributed by atoms with van der Waals surface area (Å²) in [5.74, 6) is -1.63. The number of ether oxygens (including phenoxy) is 1. The maximum Gasteiger partial charge on any atom is 0.253 e. The largest absolute Gasteiger partial charge is 0.378 e. The maximum absolute atomic E-state index is 13.8. The Bertz CT molecular complexity index is 1210. The second kappa shape index (κ2) is 12.4. The van der Waals surface area contributed by atoms with E-state index in [1.165, 1.54) is 6.20 Å². The van der Waals surface area contributed by atoms with Crippen molar-refractivity contribution in [3.8, 4) is 11.1 Å². The number of halogens is 1. The van der Waals surface area contributed by atoms with Crippen LogP contribution in [0.2, 0.25) is 0 Å². The summed E-state index contributed by atoms with van der Waals surface area (Å²) >= 11 is 0. The monoisotopic (exact) mass is 554 g/mol. The number of amides is 2. The van der Waals surface area contributed by atoms with E-state index in [1.54, 1.807) is 36.3 Å². The number of rotatable bonds is 8. The molecule has 3 fully saturated rings. The minimum atomic E-state index is -1.34. The molecule has 1 aromatic carbocycles. The molecule has 4 N–H and O–H groups in total. The van der Waals surface area contributed by atoms with E-state index in [-0.39, 0.29) is 19.0 Å². The van der Waals surface area contributed by atoms with Gasteiger partial charge in [0, 0.05) is 56.6 Å². The van der Waals surface area contributed by atoms with E-state index >= 15 is 0 Å². The molecular formula is C27H35FN8O4. The molecule has 0 spiro atoms. The number of hydrogen-bond donors (Lipinski definition) is 3. The van der Waals surface area contributed by atoms with E-state index in [4.69, 9.17) is 10.5 Å². The van der Waals surface area contributed by atoms with Crippen molar-refractivity contribution < 1.29 is 18.7 Å². The smallest absolute Gasteiger partial charge is 0.253 e. The first kappa shape index (κ1) is 28.2. The Morgan fingerprint density at radius 2 is 1.90 bits per heavy atom. The Morgan fingerprint density at radius 1 is 1.18 bits per heavy atom. The van der Waals surface area contributed by atoms with E-state index in [9.17, 15) is 18.9 Å². The number of pyridine rings is 1. The highest BCUT2D eigenvalue weighted by Gasteiger charge is 2.40. The van der Waals surface area contributed by atoms with Gasteiger partial charge in [0.2, 0.25) is 5.91 Å². The van der Waals surface area contributed by atoms with Gasteiger partial charge < -0.3 is 20.7 Å². The molecule has 40 heavy (non-hydrogen) atoms. The van der Waals surface area contributed by atoms with Crippen LogP contribution in [0.4, 0.5) is 10.1 Å². The van der Waals surface area contributed by atoms with Gasteiger partial charge in [0.15, 0.2) is 6.17 Å². The van der Waals surface area contributed by atoms with Crippen LogP contribution in [0, 0.1) is 10.8 Å². The Hall–Kier alpha value is -3.36. The SMILES string of the molecule is CN1CC(F)CNC1C(C(=O)Nc1cnccc1-c1ccc(C(=O)N2CCN(C3COC3)CC2)cc1)C(N)N=O. The number of anilines is 1. The average molecular weight is 555 g/mol. The standard InChI is InChI=1S/C27H35FN8O4/c1-34-14-19(28)12-31-25(34)23(24(29)33-39)26(37)32-22-13-30-7-6-21(22)17-2-4-18(5-3-17)27(38)36-10-8-35(9-11-36)20-15-40-16-20/h2-7,13,19-20,23-25,31H,8-12,14-16,29H2,1H3,(H,32,37). The number of nitrogens with one attached hydrogen (secondary N) is 2. The van der Waals surface area contributed by atoms with Crippen LogP contribution in [0.5, 0.6) is 0 Å². The molecule has 2 aromatic rings. The van der Waals surface area contributed by atoms with Crippen molar-refractivity contribution in [2.45, 2.75) is 24.5 Å². The van der Waals surface area contributed by atoms with Crippen molar-refractivity contribution in [1.82, 2.24) is 25.0 Å². The molecule has 5 rings (SSSR count). The molecular weight excluding hydrogens is 519 g/mol. The normalized spacial score (nSPS) is 24.1. The van der Waals surface area contributed by atoms with Gasteiger partial charge in [0.05, 0.1) is 37.3 Å².